The summed E-state index contributed by atoms with van der Waals surface area (Å²) in [5, 5.41) is 11.3. The second kappa shape index (κ2) is 5.91. The molecule has 0 radical (unpaired) electrons. The van der Waals surface area contributed by atoms with E-state index in [4.69, 9.17) is 5.73 Å². The molecular formula is C18H19FN2O. The number of benzene rings is 2. The van der Waals surface area contributed by atoms with Gasteiger partial charge in [0.1, 0.15) is 5.82 Å². The highest BCUT2D eigenvalue weighted by Crippen LogP contribution is 2.30. The SMILES string of the molecule is Cc1cn(C(c2ccccc2)C(O)CN)c2ccc(F)cc12. The number of aliphatic hydroxyl groups excluding tert-OH is 1. The molecule has 0 aliphatic heterocycles. The fourth-order valence-electron chi connectivity index (χ4n) is 2.97. The summed E-state index contributed by atoms with van der Waals surface area (Å²) in [6.07, 6.45) is 1.23. The van der Waals surface area contributed by atoms with Crippen molar-refractivity contribution >= 4 is 10.9 Å². The van der Waals surface area contributed by atoms with Crippen molar-refractivity contribution in [3.8, 4) is 0 Å². The first-order valence-electron chi connectivity index (χ1n) is 7.31. The Morgan fingerprint density at radius 3 is 2.59 bits per heavy atom. The van der Waals surface area contributed by atoms with Crippen LogP contribution in [0.25, 0.3) is 10.9 Å². The molecule has 1 aromatic heterocycles. The zero-order valence-electron chi connectivity index (χ0n) is 12.4. The summed E-state index contributed by atoms with van der Waals surface area (Å²) >= 11 is 0. The molecule has 0 saturated heterocycles. The standard InChI is InChI=1S/C18H19FN2O/c1-12-11-21(16-8-7-14(19)9-15(12)16)18(17(22)10-20)13-5-3-2-4-6-13/h2-9,11,17-18,22H,10,20H2,1H3. The molecule has 3 rings (SSSR count). The zero-order valence-corrected chi connectivity index (χ0v) is 12.4. The Hall–Kier alpha value is -2.17. The maximum Gasteiger partial charge on any atom is 0.123 e. The molecule has 0 amide bonds. The normalized spacial score (nSPS) is 14.2. The fourth-order valence-corrected chi connectivity index (χ4v) is 2.97. The molecule has 0 bridgehead atoms. The summed E-state index contributed by atoms with van der Waals surface area (Å²) in [4.78, 5) is 0. The summed E-state index contributed by atoms with van der Waals surface area (Å²) in [7, 11) is 0. The number of hydrogen-bond donors (Lipinski definition) is 2. The van der Waals surface area contributed by atoms with Crippen molar-refractivity contribution in [1.82, 2.24) is 4.57 Å². The Bertz CT molecular complexity index is 782. The molecule has 0 spiro atoms. The average molecular weight is 298 g/mol. The summed E-state index contributed by atoms with van der Waals surface area (Å²) in [5.74, 6) is -0.260. The molecule has 3 nitrogen and oxygen atoms in total. The minimum absolute atomic E-state index is 0.152. The lowest BCUT2D eigenvalue weighted by Gasteiger charge is -2.25. The lowest BCUT2D eigenvalue weighted by molar-refractivity contribution is 0.140. The third kappa shape index (κ3) is 2.51. The molecular weight excluding hydrogens is 279 g/mol. The highest BCUT2D eigenvalue weighted by molar-refractivity contribution is 5.84. The molecule has 0 aliphatic rings. The third-order valence-electron chi connectivity index (χ3n) is 4.04. The van der Waals surface area contributed by atoms with Gasteiger partial charge in [0.25, 0.3) is 0 Å². The molecule has 2 atom stereocenters. The predicted molar refractivity (Wildman–Crippen MR) is 86.3 cm³/mol. The number of fused-ring (bicyclic) bond motifs is 1. The molecule has 3 N–H and O–H groups in total. The van der Waals surface area contributed by atoms with Crippen LogP contribution in [0.5, 0.6) is 0 Å². The molecule has 0 aliphatic carbocycles. The van der Waals surface area contributed by atoms with Crippen LogP contribution in [-0.4, -0.2) is 22.3 Å². The van der Waals surface area contributed by atoms with Gasteiger partial charge in [-0.15, -0.1) is 0 Å². The Kier molecular flexibility index (Phi) is 3.96. The van der Waals surface area contributed by atoms with E-state index in [0.29, 0.717) is 0 Å². The molecule has 0 saturated carbocycles. The molecule has 22 heavy (non-hydrogen) atoms. The van der Waals surface area contributed by atoms with E-state index in [2.05, 4.69) is 0 Å². The van der Waals surface area contributed by atoms with Crippen LogP contribution in [0.3, 0.4) is 0 Å². The number of nitrogens with zero attached hydrogens (tertiary/aromatic N) is 1. The Morgan fingerprint density at radius 2 is 1.91 bits per heavy atom. The van der Waals surface area contributed by atoms with Gasteiger partial charge in [0, 0.05) is 23.6 Å². The highest BCUT2D eigenvalue weighted by atomic mass is 19.1. The van der Waals surface area contributed by atoms with Crippen LogP contribution in [0.1, 0.15) is 17.2 Å². The molecule has 3 aromatic rings. The van der Waals surface area contributed by atoms with Gasteiger partial charge < -0.3 is 15.4 Å². The van der Waals surface area contributed by atoms with Crippen molar-refractivity contribution in [2.75, 3.05) is 6.54 Å². The van der Waals surface area contributed by atoms with Gasteiger partial charge in [-0.25, -0.2) is 4.39 Å². The first-order valence-corrected chi connectivity index (χ1v) is 7.31. The van der Waals surface area contributed by atoms with Crippen molar-refractivity contribution in [1.29, 1.82) is 0 Å². The molecule has 2 unspecified atom stereocenters. The summed E-state index contributed by atoms with van der Waals surface area (Å²) in [6.45, 7) is 2.09. The lowest BCUT2D eigenvalue weighted by Crippen LogP contribution is -2.31. The Balaban J connectivity index is 2.21. The molecule has 114 valence electrons. The second-order valence-corrected chi connectivity index (χ2v) is 5.54. The minimum Gasteiger partial charge on any atom is -0.389 e. The van der Waals surface area contributed by atoms with Crippen LogP contribution in [-0.2, 0) is 0 Å². The monoisotopic (exact) mass is 298 g/mol. The number of nitrogens with two attached hydrogens (primary N) is 1. The summed E-state index contributed by atoms with van der Waals surface area (Å²) in [6, 6.07) is 14.2. The second-order valence-electron chi connectivity index (χ2n) is 5.54. The van der Waals surface area contributed by atoms with Crippen molar-refractivity contribution in [3.63, 3.8) is 0 Å². The van der Waals surface area contributed by atoms with E-state index in [1.807, 2.05) is 48.0 Å². The van der Waals surface area contributed by atoms with Gasteiger partial charge in [-0.05, 0) is 36.2 Å². The van der Waals surface area contributed by atoms with E-state index >= 15 is 0 Å². The van der Waals surface area contributed by atoms with Crippen LogP contribution < -0.4 is 5.73 Å². The quantitative estimate of drug-likeness (QED) is 0.778. The average Bonchev–Trinajstić information content (AvgIpc) is 2.85. The lowest BCUT2D eigenvalue weighted by atomic mass is 10.0. The number of hydrogen-bond acceptors (Lipinski definition) is 2. The zero-order chi connectivity index (χ0) is 15.7. The van der Waals surface area contributed by atoms with Gasteiger partial charge in [0.15, 0.2) is 0 Å². The van der Waals surface area contributed by atoms with Gasteiger partial charge in [-0.2, -0.15) is 0 Å². The predicted octanol–water partition coefficient (Wildman–Crippen LogP) is 3.00. The van der Waals surface area contributed by atoms with Crippen molar-refractivity contribution in [2.45, 2.75) is 19.1 Å². The number of aromatic nitrogens is 1. The first kappa shape index (κ1) is 14.8. The van der Waals surface area contributed by atoms with Gasteiger partial charge in [-0.3, -0.25) is 0 Å². The van der Waals surface area contributed by atoms with Gasteiger partial charge >= 0.3 is 0 Å². The van der Waals surface area contributed by atoms with E-state index in [-0.39, 0.29) is 18.4 Å². The fraction of sp³-hybridized carbons (Fsp3) is 0.222. The van der Waals surface area contributed by atoms with E-state index in [1.54, 1.807) is 6.07 Å². The number of aryl methyl sites for hydroxylation is 1. The molecule has 1 heterocycles. The molecule has 0 fully saturated rings. The first-order chi connectivity index (χ1) is 10.6. The van der Waals surface area contributed by atoms with Crippen LogP contribution in [0.15, 0.2) is 54.7 Å². The topological polar surface area (TPSA) is 51.2 Å². The van der Waals surface area contributed by atoms with Crippen molar-refractivity contribution in [2.24, 2.45) is 5.73 Å². The van der Waals surface area contributed by atoms with Crippen molar-refractivity contribution < 1.29 is 9.50 Å². The van der Waals surface area contributed by atoms with Crippen LogP contribution in [0.2, 0.25) is 0 Å². The van der Waals surface area contributed by atoms with Gasteiger partial charge in [0.05, 0.1) is 12.1 Å². The van der Waals surface area contributed by atoms with E-state index in [1.165, 1.54) is 12.1 Å². The van der Waals surface area contributed by atoms with Gasteiger partial charge in [-0.1, -0.05) is 30.3 Å². The number of halogens is 1. The highest BCUT2D eigenvalue weighted by Gasteiger charge is 2.23. The van der Waals surface area contributed by atoms with Crippen LogP contribution in [0, 0.1) is 12.7 Å². The summed E-state index contributed by atoms with van der Waals surface area (Å²) < 4.78 is 15.5. The van der Waals surface area contributed by atoms with Crippen molar-refractivity contribution in [3.05, 3.63) is 71.7 Å². The smallest absolute Gasteiger partial charge is 0.123 e. The Labute approximate surface area is 128 Å². The Morgan fingerprint density at radius 1 is 1.18 bits per heavy atom. The minimum atomic E-state index is -0.720. The van der Waals surface area contributed by atoms with E-state index in [0.717, 1.165) is 22.0 Å². The summed E-state index contributed by atoms with van der Waals surface area (Å²) in [5.41, 5.74) is 8.53. The third-order valence-corrected chi connectivity index (χ3v) is 4.04. The number of rotatable bonds is 4. The molecule has 2 aromatic carbocycles. The van der Waals surface area contributed by atoms with E-state index in [9.17, 15) is 9.50 Å². The maximum atomic E-state index is 13.5. The van der Waals surface area contributed by atoms with E-state index < -0.39 is 6.10 Å². The molecule has 4 heteroatoms. The largest absolute Gasteiger partial charge is 0.389 e. The van der Waals surface area contributed by atoms with Crippen LogP contribution in [0.4, 0.5) is 4.39 Å². The van der Waals surface area contributed by atoms with Crippen LogP contribution >= 0.6 is 0 Å². The maximum absolute atomic E-state index is 13.5. The van der Waals surface area contributed by atoms with Gasteiger partial charge in [0.2, 0.25) is 0 Å². The number of aliphatic hydroxyl groups is 1.